The number of amides is 2. The zero-order chi connectivity index (χ0) is 9.02. The largest absolute Gasteiger partial charge is 0.369 e. The molecular formula is C7H14N2O2. The van der Waals surface area contributed by atoms with E-state index < -0.39 is 11.8 Å². The standard InChI is InChI=1S/C7H14N2O2/c1-4(2)5(6(8)10)7(11)9-3/h4-5H,1-3H3,(H2,8,10)(H,9,11). The first-order chi connectivity index (χ1) is 5.00. The smallest absolute Gasteiger partial charge is 0.232 e. The summed E-state index contributed by atoms with van der Waals surface area (Å²) in [5.74, 6) is -1.64. The SMILES string of the molecule is CNC(=O)C(C(N)=O)C(C)C. The second-order valence-corrected chi connectivity index (χ2v) is 2.74. The Morgan fingerprint density at radius 1 is 1.36 bits per heavy atom. The maximum atomic E-state index is 11.0. The number of carbonyl (C=O) groups is 2. The summed E-state index contributed by atoms with van der Waals surface area (Å²) < 4.78 is 0. The first-order valence-electron chi connectivity index (χ1n) is 3.51. The number of hydrogen-bond donors (Lipinski definition) is 2. The molecule has 4 nitrogen and oxygen atoms in total. The lowest BCUT2D eigenvalue weighted by Crippen LogP contribution is -2.40. The number of nitrogens with one attached hydrogen (secondary N) is 1. The van der Waals surface area contributed by atoms with E-state index in [2.05, 4.69) is 5.32 Å². The third-order valence-electron chi connectivity index (χ3n) is 1.50. The lowest BCUT2D eigenvalue weighted by molar-refractivity contribution is -0.134. The molecule has 0 heterocycles. The fourth-order valence-electron chi connectivity index (χ4n) is 0.916. The van der Waals surface area contributed by atoms with Gasteiger partial charge in [-0.2, -0.15) is 0 Å². The average Bonchev–Trinajstić information content (AvgIpc) is 1.85. The number of hydrogen-bond acceptors (Lipinski definition) is 2. The number of carbonyl (C=O) groups excluding carboxylic acids is 2. The van der Waals surface area contributed by atoms with Crippen molar-refractivity contribution in [3.05, 3.63) is 0 Å². The Morgan fingerprint density at radius 2 is 1.82 bits per heavy atom. The molecule has 0 aliphatic carbocycles. The van der Waals surface area contributed by atoms with E-state index >= 15 is 0 Å². The van der Waals surface area contributed by atoms with E-state index in [-0.39, 0.29) is 11.8 Å². The Hall–Kier alpha value is -1.06. The molecule has 0 rings (SSSR count). The Balaban J connectivity index is 4.34. The Labute approximate surface area is 66.1 Å². The van der Waals surface area contributed by atoms with Crippen LogP contribution in [0.1, 0.15) is 13.8 Å². The first kappa shape index (κ1) is 9.94. The quantitative estimate of drug-likeness (QED) is 0.543. The van der Waals surface area contributed by atoms with Crippen molar-refractivity contribution in [1.29, 1.82) is 0 Å². The van der Waals surface area contributed by atoms with Crippen LogP contribution in [0.25, 0.3) is 0 Å². The van der Waals surface area contributed by atoms with Crippen molar-refractivity contribution in [3.63, 3.8) is 0 Å². The molecule has 0 radical (unpaired) electrons. The van der Waals surface area contributed by atoms with E-state index in [1.807, 2.05) is 0 Å². The van der Waals surface area contributed by atoms with Gasteiger partial charge in [0.1, 0.15) is 5.92 Å². The molecule has 64 valence electrons. The van der Waals surface area contributed by atoms with Crippen molar-refractivity contribution < 1.29 is 9.59 Å². The van der Waals surface area contributed by atoms with Crippen LogP contribution in [-0.4, -0.2) is 18.9 Å². The van der Waals surface area contributed by atoms with Gasteiger partial charge in [0, 0.05) is 7.05 Å². The monoisotopic (exact) mass is 158 g/mol. The molecule has 4 heteroatoms. The van der Waals surface area contributed by atoms with Gasteiger partial charge in [-0.25, -0.2) is 0 Å². The minimum atomic E-state index is -0.708. The lowest BCUT2D eigenvalue weighted by Gasteiger charge is -2.14. The van der Waals surface area contributed by atoms with E-state index in [0.717, 1.165) is 0 Å². The molecule has 2 amide bonds. The fourth-order valence-corrected chi connectivity index (χ4v) is 0.916. The number of rotatable bonds is 3. The van der Waals surface area contributed by atoms with Crippen LogP contribution in [-0.2, 0) is 9.59 Å². The summed E-state index contributed by atoms with van der Waals surface area (Å²) in [7, 11) is 1.49. The molecule has 0 fully saturated rings. The van der Waals surface area contributed by atoms with Crippen LogP contribution < -0.4 is 11.1 Å². The molecule has 0 spiro atoms. The van der Waals surface area contributed by atoms with Crippen LogP contribution in [0.5, 0.6) is 0 Å². The van der Waals surface area contributed by atoms with Gasteiger partial charge in [0.2, 0.25) is 11.8 Å². The highest BCUT2D eigenvalue weighted by Gasteiger charge is 2.26. The molecule has 3 N–H and O–H groups in total. The third kappa shape index (κ3) is 2.57. The molecule has 1 atom stereocenters. The molecule has 1 unspecified atom stereocenters. The summed E-state index contributed by atoms with van der Waals surface area (Å²) >= 11 is 0. The minimum Gasteiger partial charge on any atom is -0.369 e. The average molecular weight is 158 g/mol. The van der Waals surface area contributed by atoms with Gasteiger partial charge in [-0.3, -0.25) is 9.59 Å². The van der Waals surface area contributed by atoms with Crippen molar-refractivity contribution in [3.8, 4) is 0 Å². The van der Waals surface area contributed by atoms with Gasteiger partial charge in [-0.05, 0) is 5.92 Å². The van der Waals surface area contributed by atoms with Crippen LogP contribution in [0.15, 0.2) is 0 Å². The zero-order valence-corrected chi connectivity index (χ0v) is 7.05. The van der Waals surface area contributed by atoms with E-state index in [9.17, 15) is 9.59 Å². The molecule has 0 aromatic heterocycles. The summed E-state index contributed by atoms with van der Waals surface area (Å²) in [6.45, 7) is 3.56. The van der Waals surface area contributed by atoms with Gasteiger partial charge >= 0.3 is 0 Å². The maximum Gasteiger partial charge on any atom is 0.232 e. The zero-order valence-electron chi connectivity index (χ0n) is 7.05. The van der Waals surface area contributed by atoms with E-state index in [0.29, 0.717) is 0 Å². The molecule has 0 bridgehead atoms. The van der Waals surface area contributed by atoms with Gasteiger partial charge in [-0.15, -0.1) is 0 Å². The summed E-state index contributed by atoms with van der Waals surface area (Å²) in [4.78, 5) is 21.7. The highest BCUT2D eigenvalue weighted by molar-refractivity contribution is 5.99. The van der Waals surface area contributed by atoms with Gasteiger partial charge < -0.3 is 11.1 Å². The molecule has 0 aliphatic rings. The van der Waals surface area contributed by atoms with Gasteiger partial charge in [0.25, 0.3) is 0 Å². The Morgan fingerprint density at radius 3 is 1.91 bits per heavy atom. The lowest BCUT2D eigenvalue weighted by atomic mass is 9.94. The third-order valence-corrected chi connectivity index (χ3v) is 1.50. The predicted molar refractivity (Wildman–Crippen MR) is 41.6 cm³/mol. The summed E-state index contributed by atoms with van der Waals surface area (Å²) in [6, 6.07) is 0. The van der Waals surface area contributed by atoms with Crippen molar-refractivity contribution in [2.24, 2.45) is 17.6 Å². The van der Waals surface area contributed by atoms with Crippen molar-refractivity contribution in [1.82, 2.24) is 5.32 Å². The predicted octanol–water partition coefficient (Wildman–Crippen LogP) is -0.510. The van der Waals surface area contributed by atoms with Gasteiger partial charge in [0.15, 0.2) is 0 Å². The number of nitrogens with two attached hydrogens (primary N) is 1. The van der Waals surface area contributed by atoms with Crippen LogP contribution in [0.3, 0.4) is 0 Å². The first-order valence-corrected chi connectivity index (χ1v) is 3.51. The minimum absolute atomic E-state index is 0.0487. The summed E-state index contributed by atoms with van der Waals surface area (Å²) in [6.07, 6.45) is 0. The normalized spacial score (nSPS) is 12.7. The summed E-state index contributed by atoms with van der Waals surface area (Å²) in [5.41, 5.74) is 5.01. The molecular weight excluding hydrogens is 144 g/mol. The number of primary amides is 1. The Bertz CT molecular complexity index is 166. The molecule has 0 aliphatic heterocycles. The van der Waals surface area contributed by atoms with E-state index in [4.69, 9.17) is 5.73 Å². The van der Waals surface area contributed by atoms with Crippen molar-refractivity contribution in [2.75, 3.05) is 7.05 Å². The van der Waals surface area contributed by atoms with Crippen LogP contribution in [0, 0.1) is 11.8 Å². The molecule has 0 aromatic carbocycles. The molecule has 0 saturated carbocycles. The van der Waals surface area contributed by atoms with Crippen molar-refractivity contribution >= 4 is 11.8 Å². The van der Waals surface area contributed by atoms with Crippen molar-refractivity contribution in [2.45, 2.75) is 13.8 Å². The van der Waals surface area contributed by atoms with Crippen LogP contribution in [0.2, 0.25) is 0 Å². The summed E-state index contributed by atoms with van der Waals surface area (Å²) in [5, 5.41) is 2.39. The van der Waals surface area contributed by atoms with Crippen LogP contribution in [0.4, 0.5) is 0 Å². The Kier molecular flexibility index (Phi) is 3.57. The maximum absolute atomic E-state index is 11.0. The highest BCUT2D eigenvalue weighted by atomic mass is 16.2. The molecule has 0 aromatic rings. The molecule has 11 heavy (non-hydrogen) atoms. The molecule has 0 saturated heterocycles. The topological polar surface area (TPSA) is 72.2 Å². The van der Waals surface area contributed by atoms with Gasteiger partial charge in [0.05, 0.1) is 0 Å². The van der Waals surface area contributed by atoms with Crippen LogP contribution >= 0.6 is 0 Å². The highest BCUT2D eigenvalue weighted by Crippen LogP contribution is 2.09. The fraction of sp³-hybridized carbons (Fsp3) is 0.714. The van der Waals surface area contributed by atoms with E-state index in [1.54, 1.807) is 13.8 Å². The van der Waals surface area contributed by atoms with E-state index in [1.165, 1.54) is 7.05 Å². The second kappa shape index (κ2) is 3.95. The van der Waals surface area contributed by atoms with Gasteiger partial charge in [-0.1, -0.05) is 13.8 Å². The second-order valence-electron chi connectivity index (χ2n) is 2.74.